The van der Waals surface area contributed by atoms with Crippen LogP contribution in [0.5, 0.6) is 0 Å². The zero-order chi connectivity index (χ0) is 15.7. The van der Waals surface area contributed by atoms with Crippen LogP contribution in [0.25, 0.3) is 0 Å². The maximum absolute atomic E-state index is 12.4. The van der Waals surface area contributed by atoms with E-state index < -0.39 is 0 Å². The summed E-state index contributed by atoms with van der Waals surface area (Å²) in [4.78, 5) is 12.4. The number of aliphatic hydroxyl groups is 1. The van der Waals surface area contributed by atoms with Crippen LogP contribution in [0.15, 0.2) is 11.8 Å². The summed E-state index contributed by atoms with van der Waals surface area (Å²) >= 11 is 6.81. The van der Waals surface area contributed by atoms with Crippen LogP contribution in [0, 0.1) is 34.5 Å². The Bertz CT molecular complexity index is 542. The molecule has 0 heterocycles. The molecule has 1 N–H and O–H groups in total. The van der Waals surface area contributed by atoms with Gasteiger partial charge in [0.25, 0.3) is 0 Å². The minimum Gasteiger partial charge on any atom is -0.513 e. The summed E-state index contributed by atoms with van der Waals surface area (Å²) in [5.41, 5.74) is 0.127. The number of carbonyl (C=O) groups is 1. The lowest BCUT2D eigenvalue weighted by Crippen LogP contribution is -2.55. The maximum atomic E-state index is 12.4. The van der Waals surface area contributed by atoms with Gasteiger partial charge in [-0.25, -0.2) is 0 Å². The molecule has 7 atom stereocenters. The number of rotatable bonds is 0. The molecule has 1 unspecified atom stereocenters. The van der Waals surface area contributed by atoms with Crippen molar-refractivity contribution in [1.29, 1.82) is 0 Å². The highest BCUT2D eigenvalue weighted by Gasteiger charge is 2.61. The molecular weight excluding hydrogens is 296 g/mol. The van der Waals surface area contributed by atoms with Crippen molar-refractivity contribution < 1.29 is 9.90 Å². The molecular formula is C19H27ClO2. The first-order chi connectivity index (χ1) is 10.4. The first kappa shape index (κ1) is 15.1. The summed E-state index contributed by atoms with van der Waals surface area (Å²) in [6, 6.07) is 0. The predicted octanol–water partition coefficient (Wildman–Crippen LogP) is 4.87. The molecule has 0 aromatic rings. The largest absolute Gasteiger partial charge is 0.513 e. The number of hydrogen-bond acceptors (Lipinski definition) is 2. The Morgan fingerprint density at radius 2 is 2.00 bits per heavy atom. The van der Waals surface area contributed by atoms with E-state index in [1.54, 1.807) is 0 Å². The number of fused-ring (bicyclic) bond motifs is 5. The molecule has 3 fully saturated rings. The number of allylic oxidation sites excluding steroid dienone is 2. The Kier molecular flexibility index (Phi) is 3.25. The zero-order valence-electron chi connectivity index (χ0n) is 13.6. The third-order valence-corrected chi connectivity index (χ3v) is 8.46. The van der Waals surface area contributed by atoms with Crippen molar-refractivity contribution in [2.45, 2.75) is 64.2 Å². The van der Waals surface area contributed by atoms with Gasteiger partial charge in [0, 0.05) is 23.6 Å². The second-order valence-electron chi connectivity index (χ2n) is 8.76. The van der Waals surface area contributed by atoms with Crippen molar-refractivity contribution in [2.75, 3.05) is 0 Å². The number of halogens is 1. The molecule has 3 heteroatoms. The average molecular weight is 323 g/mol. The van der Waals surface area contributed by atoms with Gasteiger partial charge in [-0.15, -0.1) is 11.6 Å². The first-order valence-electron chi connectivity index (χ1n) is 8.91. The van der Waals surface area contributed by atoms with E-state index in [9.17, 15) is 9.90 Å². The van der Waals surface area contributed by atoms with E-state index in [4.69, 9.17) is 11.6 Å². The lowest BCUT2D eigenvalue weighted by molar-refractivity contribution is -0.136. The van der Waals surface area contributed by atoms with Crippen LogP contribution in [0.3, 0.4) is 0 Å². The number of Topliss-reactive ketones (excluding diaryl/α,β-unsaturated/α-hetero) is 1. The average Bonchev–Trinajstić information content (AvgIpc) is 2.77. The van der Waals surface area contributed by atoms with Crippen molar-refractivity contribution in [3.63, 3.8) is 0 Å². The van der Waals surface area contributed by atoms with Crippen molar-refractivity contribution in [3.8, 4) is 0 Å². The molecule has 0 saturated heterocycles. The van der Waals surface area contributed by atoms with Gasteiger partial charge in [0.05, 0.1) is 5.76 Å². The summed E-state index contributed by atoms with van der Waals surface area (Å²) in [6.07, 6.45) is 8.82. The van der Waals surface area contributed by atoms with Gasteiger partial charge in [-0.3, -0.25) is 4.79 Å². The molecule has 122 valence electrons. The van der Waals surface area contributed by atoms with E-state index in [0.29, 0.717) is 35.2 Å². The highest BCUT2D eigenvalue weighted by molar-refractivity contribution is 6.21. The van der Waals surface area contributed by atoms with E-state index in [0.717, 1.165) is 44.9 Å². The molecule has 4 aliphatic rings. The second-order valence-corrected chi connectivity index (χ2v) is 9.32. The lowest BCUT2D eigenvalue weighted by atomic mass is 9.46. The highest BCUT2D eigenvalue weighted by Crippen LogP contribution is 2.65. The molecule has 0 radical (unpaired) electrons. The number of hydrogen-bond donors (Lipinski definition) is 1. The van der Waals surface area contributed by atoms with Gasteiger partial charge in [-0.05, 0) is 67.3 Å². The van der Waals surface area contributed by atoms with Crippen LogP contribution in [-0.4, -0.2) is 16.3 Å². The van der Waals surface area contributed by atoms with Crippen LogP contribution in [0.2, 0.25) is 0 Å². The quantitative estimate of drug-likeness (QED) is 0.646. The third kappa shape index (κ3) is 1.82. The maximum Gasteiger partial charge on any atom is 0.139 e. The molecule has 0 aliphatic heterocycles. The van der Waals surface area contributed by atoms with Crippen LogP contribution >= 0.6 is 11.6 Å². The van der Waals surface area contributed by atoms with Gasteiger partial charge in [-0.1, -0.05) is 13.8 Å². The van der Waals surface area contributed by atoms with Crippen LogP contribution < -0.4 is 0 Å². The van der Waals surface area contributed by atoms with Crippen molar-refractivity contribution >= 4 is 17.4 Å². The smallest absolute Gasteiger partial charge is 0.139 e. The van der Waals surface area contributed by atoms with Gasteiger partial charge in [0.1, 0.15) is 5.78 Å². The minimum atomic E-state index is -0.0758. The molecule has 3 saturated carbocycles. The molecule has 4 aliphatic carbocycles. The van der Waals surface area contributed by atoms with Crippen LogP contribution in [0.4, 0.5) is 0 Å². The predicted molar refractivity (Wildman–Crippen MR) is 87.9 cm³/mol. The summed E-state index contributed by atoms with van der Waals surface area (Å²) in [7, 11) is 0. The minimum absolute atomic E-state index is 0.0758. The Morgan fingerprint density at radius 1 is 1.23 bits per heavy atom. The number of alkyl halides is 1. The van der Waals surface area contributed by atoms with Gasteiger partial charge >= 0.3 is 0 Å². The Hall–Kier alpha value is -0.500. The molecule has 0 spiro atoms. The second kappa shape index (κ2) is 4.75. The van der Waals surface area contributed by atoms with Gasteiger partial charge < -0.3 is 5.11 Å². The SMILES string of the molecule is C[C@]12CC=C(O)CC1[C@H](Cl)C[C@@H]1[C@@H]2CC[C@]2(C)C(=O)CC[C@@H]12. The zero-order valence-corrected chi connectivity index (χ0v) is 14.4. The van der Waals surface area contributed by atoms with E-state index in [-0.39, 0.29) is 16.2 Å². The molecule has 0 amide bonds. The molecule has 0 bridgehead atoms. The normalized spacial score (nSPS) is 54.2. The molecule has 2 nitrogen and oxygen atoms in total. The molecule has 4 rings (SSSR count). The van der Waals surface area contributed by atoms with E-state index in [2.05, 4.69) is 13.8 Å². The monoisotopic (exact) mass is 322 g/mol. The topological polar surface area (TPSA) is 37.3 Å². The Morgan fingerprint density at radius 3 is 2.77 bits per heavy atom. The summed E-state index contributed by atoms with van der Waals surface area (Å²) in [5.74, 6) is 3.22. The van der Waals surface area contributed by atoms with Crippen molar-refractivity contribution in [1.82, 2.24) is 0 Å². The van der Waals surface area contributed by atoms with E-state index in [1.807, 2.05) is 6.08 Å². The fourth-order valence-corrected chi connectivity index (χ4v) is 7.21. The van der Waals surface area contributed by atoms with Gasteiger partial charge in [0.15, 0.2) is 0 Å². The molecule has 0 aromatic heterocycles. The number of aliphatic hydroxyl groups excluding tert-OH is 1. The van der Waals surface area contributed by atoms with Gasteiger partial charge in [0.2, 0.25) is 0 Å². The summed E-state index contributed by atoms with van der Waals surface area (Å²) < 4.78 is 0. The van der Waals surface area contributed by atoms with Crippen LogP contribution in [0.1, 0.15) is 58.8 Å². The van der Waals surface area contributed by atoms with Gasteiger partial charge in [-0.2, -0.15) is 0 Å². The molecule has 22 heavy (non-hydrogen) atoms. The summed E-state index contributed by atoms with van der Waals surface area (Å²) in [6.45, 7) is 4.61. The van der Waals surface area contributed by atoms with E-state index >= 15 is 0 Å². The number of ketones is 1. The van der Waals surface area contributed by atoms with Crippen molar-refractivity contribution in [3.05, 3.63) is 11.8 Å². The fourth-order valence-electron chi connectivity index (χ4n) is 6.63. The Labute approximate surface area is 138 Å². The Balaban J connectivity index is 1.71. The summed E-state index contributed by atoms with van der Waals surface area (Å²) in [5, 5.41) is 10.1. The molecule has 0 aromatic carbocycles. The van der Waals surface area contributed by atoms with Crippen molar-refractivity contribution in [2.24, 2.45) is 34.5 Å². The van der Waals surface area contributed by atoms with E-state index in [1.165, 1.54) is 0 Å². The fraction of sp³-hybridized carbons (Fsp3) is 0.842. The standard InChI is InChI=1S/C19H27ClO2/c1-18-7-5-11(21)9-15(18)16(20)10-12-13-3-4-17(22)19(13,2)8-6-14(12)18/h5,12-16,21H,3-4,6-10H2,1-2H3/t12-,13-,14-,15?,16+,18+,19-/m0/s1. The van der Waals surface area contributed by atoms with Crippen LogP contribution in [-0.2, 0) is 4.79 Å². The highest BCUT2D eigenvalue weighted by atomic mass is 35.5. The third-order valence-electron chi connectivity index (χ3n) is 7.98. The number of carbonyl (C=O) groups excluding carboxylic acids is 1. The first-order valence-corrected chi connectivity index (χ1v) is 9.35. The lowest BCUT2D eigenvalue weighted by Gasteiger charge is -2.60.